The lowest BCUT2D eigenvalue weighted by atomic mass is 10.0. The maximum absolute atomic E-state index is 12.2. The number of para-hydroxylation sites is 1. The number of amides is 1. The van der Waals surface area contributed by atoms with Crippen LogP contribution in [0.25, 0.3) is 17.0 Å². The first-order valence-corrected chi connectivity index (χ1v) is 10.4. The average Bonchev–Trinajstić information content (AvgIpc) is 2.87. The lowest BCUT2D eigenvalue weighted by molar-refractivity contribution is -0.143. The van der Waals surface area contributed by atoms with E-state index in [-0.39, 0.29) is 0 Å². The largest absolute Gasteiger partial charge is 0.452 e. The molecule has 0 fully saturated rings. The Morgan fingerprint density at radius 2 is 1.52 bits per heavy atom. The second-order valence-corrected chi connectivity index (χ2v) is 7.09. The molecule has 6 heteroatoms. The highest BCUT2D eigenvalue weighted by atomic mass is 16.5. The van der Waals surface area contributed by atoms with E-state index in [2.05, 4.69) is 15.5 Å². The summed E-state index contributed by atoms with van der Waals surface area (Å²) >= 11 is 0. The van der Waals surface area contributed by atoms with Crippen molar-refractivity contribution in [1.29, 1.82) is 0 Å². The van der Waals surface area contributed by atoms with Crippen LogP contribution in [0.1, 0.15) is 16.7 Å². The van der Waals surface area contributed by atoms with Crippen LogP contribution in [-0.4, -0.2) is 29.2 Å². The van der Waals surface area contributed by atoms with Crippen LogP contribution in [0.4, 0.5) is 0 Å². The molecular weight excluding hydrogens is 414 g/mol. The third-order valence-electron chi connectivity index (χ3n) is 4.80. The number of carbonyl (C=O) groups is 2. The Kier molecular flexibility index (Phi) is 6.98. The third-order valence-corrected chi connectivity index (χ3v) is 4.80. The number of esters is 1. The number of pyridine rings is 1. The normalized spacial score (nSPS) is 10.7. The molecule has 1 amide bonds. The lowest BCUT2D eigenvalue weighted by Crippen LogP contribution is -2.26. The monoisotopic (exact) mass is 435 g/mol. The van der Waals surface area contributed by atoms with Crippen molar-refractivity contribution >= 4 is 34.6 Å². The number of ether oxygens (including phenoxy) is 1. The van der Waals surface area contributed by atoms with Gasteiger partial charge in [-0.2, -0.15) is 5.10 Å². The number of hydrogen-bond donors (Lipinski definition) is 1. The predicted molar refractivity (Wildman–Crippen MR) is 128 cm³/mol. The molecule has 0 unspecified atom stereocenters. The van der Waals surface area contributed by atoms with Crippen molar-refractivity contribution in [2.45, 2.75) is 0 Å². The van der Waals surface area contributed by atoms with Gasteiger partial charge >= 0.3 is 5.97 Å². The van der Waals surface area contributed by atoms with Gasteiger partial charge in [-0.05, 0) is 12.1 Å². The van der Waals surface area contributed by atoms with E-state index >= 15 is 0 Å². The summed E-state index contributed by atoms with van der Waals surface area (Å²) in [6.45, 7) is -0.447. The van der Waals surface area contributed by atoms with Crippen molar-refractivity contribution in [2.75, 3.05) is 6.61 Å². The molecule has 0 saturated heterocycles. The highest BCUT2D eigenvalue weighted by molar-refractivity contribution is 6.13. The van der Waals surface area contributed by atoms with Crippen molar-refractivity contribution in [1.82, 2.24) is 10.4 Å². The van der Waals surface area contributed by atoms with Crippen LogP contribution >= 0.6 is 0 Å². The Morgan fingerprint density at radius 1 is 0.848 bits per heavy atom. The number of hydrazone groups is 1. The molecule has 6 nitrogen and oxygen atoms in total. The zero-order valence-electron chi connectivity index (χ0n) is 17.7. The number of hydrogen-bond acceptors (Lipinski definition) is 5. The zero-order chi connectivity index (χ0) is 22.9. The standard InChI is InChI=1S/C27H21N3O3/c31-24(29-30-27(21-9-3-1-4-10-21)22-11-5-2-6-12-22)19-33-25(32)17-16-23-14-7-13-20-15-8-18-28-26(20)23/h1-18H,19H2,(H,29,31). The van der Waals surface area contributed by atoms with E-state index < -0.39 is 18.5 Å². The van der Waals surface area contributed by atoms with E-state index in [4.69, 9.17) is 4.74 Å². The Morgan fingerprint density at radius 3 is 2.21 bits per heavy atom. The lowest BCUT2D eigenvalue weighted by Gasteiger charge is -2.08. The molecule has 1 N–H and O–H groups in total. The molecule has 4 aromatic rings. The molecule has 0 aliphatic rings. The van der Waals surface area contributed by atoms with Crippen LogP contribution in [0.3, 0.4) is 0 Å². The minimum atomic E-state index is -0.631. The van der Waals surface area contributed by atoms with Crippen LogP contribution in [0.5, 0.6) is 0 Å². The van der Waals surface area contributed by atoms with Crippen LogP contribution in [0.15, 0.2) is 108 Å². The molecule has 0 spiro atoms. The third kappa shape index (κ3) is 5.77. The van der Waals surface area contributed by atoms with Gasteiger partial charge in [-0.1, -0.05) is 84.9 Å². The minimum absolute atomic E-state index is 0.447. The number of carbonyl (C=O) groups excluding carboxylic acids is 2. The Hall–Kier alpha value is -4.58. The van der Waals surface area contributed by atoms with Gasteiger partial charge in [-0.15, -0.1) is 0 Å². The van der Waals surface area contributed by atoms with E-state index in [0.29, 0.717) is 5.71 Å². The van der Waals surface area contributed by atoms with Gasteiger partial charge in [0.2, 0.25) is 0 Å². The van der Waals surface area contributed by atoms with Crippen molar-refractivity contribution in [3.05, 3.63) is 120 Å². The topological polar surface area (TPSA) is 80.7 Å². The van der Waals surface area contributed by atoms with Gasteiger partial charge in [-0.3, -0.25) is 9.78 Å². The second kappa shape index (κ2) is 10.6. The summed E-state index contributed by atoms with van der Waals surface area (Å²) < 4.78 is 5.05. The number of benzene rings is 3. The Bertz CT molecular complexity index is 1270. The number of aromatic nitrogens is 1. The van der Waals surface area contributed by atoms with Crippen LogP contribution < -0.4 is 5.43 Å². The fourth-order valence-corrected chi connectivity index (χ4v) is 3.24. The van der Waals surface area contributed by atoms with Gasteiger partial charge in [0, 0.05) is 34.3 Å². The van der Waals surface area contributed by atoms with E-state index in [1.165, 1.54) is 6.08 Å². The van der Waals surface area contributed by atoms with Gasteiger partial charge in [0.1, 0.15) is 0 Å². The van der Waals surface area contributed by atoms with Crippen LogP contribution in [0.2, 0.25) is 0 Å². The van der Waals surface area contributed by atoms with Crippen molar-refractivity contribution in [3.63, 3.8) is 0 Å². The van der Waals surface area contributed by atoms with E-state index in [1.807, 2.05) is 91.0 Å². The molecule has 1 aromatic heterocycles. The highest BCUT2D eigenvalue weighted by Gasteiger charge is 2.09. The summed E-state index contributed by atoms with van der Waals surface area (Å²) in [5, 5.41) is 5.24. The molecule has 0 radical (unpaired) electrons. The zero-order valence-corrected chi connectivity index (χ0v) is 17.7. The fourth-order valence-electron chi connectivity index (χ4n) is 3.24. The Balaban J connectivity index is 1.38. The molecule has 0 aliphatic carbocycles. The second-order valence-electron chi connectivity index (χ2n) is 7.09. The van der Waals surface area contributed by atoms with Crippen molar-refractivity contribution in [2.24, 2.45) is 5.10 Å². The van der Waals surface area contributed by atoms with Crippen LogP contribution in [0, 0.1) is 0 Å². The molecular formula is C27H21N3O3. The predicted octanol–water partition coefficient (Wildman–Crippen LogP) is 4.36. The highest BCUT2D eigenvalue weighted by Crippen LogP contribution is 2.17. The van der Waals surface area contributed by atoms with Gasteiger partial charge in [0.15, 0.2) is 6.61 Å². The average molecular weight is 435 g/mol. The number of rotatable bonds is 7. The van der Waals surface area contributed by atoms with E-state index in [9.17, 15) is 9.59 Å². The minimum Gasteiger partial charge on any atom is -0.452 e. The molecule has 0 saturated carbocycles. The first-order valence-electron chi connectivity index (χ1n) is 10.4. The molecule has 4 rings (SSSR count). The van der Waals surface area contributed by atoms with E-state index in [1.54, 1.807) is 12.3 Å². The molecule has 3 aromatic carbocycles. The van der Waals surface area contributed by atoms with Gasteiger partial charge in [-0.25, -0.2) is 10.2 Å². The summed E-state index contributed by atoms with van der Waals surface area (Å²) in [7, 11) is 0. The van der Waals surface area contributed by atoms with Gasteiger partial charge in [0.25, 0.3) is 5.91 Å². The molecule has 33 heavy (non-hydrogen) atoms. The first-order chi connectivity index (χ1) is 16.2. The summed E-state index contributed by atoms with van der Waals surface area (Å²) in [5.41, 5.74) is 6.36. The van der Waals surface area contributed by atoms with Gasteiger partial charge in [0.05, 0.1) is 11.2 Å². The fraction of sp³-hybridized carbons (Fsp3) is 0.0370. The van der Waals surface area contributed by atoms with Gasteiger partial charge < -0.3 is 4.74 Å². The SMILES string of the molecule is O=C(COC(=O)C=Cc1cccc2cccnc12)NN=C(c1ccccc1)c1ccccc1. The number of nitrogens with zero attached hydrogens (tertiary/aromatic N) is 2. The number of fused-ring (bicyclic) bond motifs is 1. The smallest absolute Gasteiger partial charge is 0.331 e. The summed E-state index contributed by atoms with van der Waals surface area (Å²) in [5.74, 6) is -1.17. The molecule has 0 bridgehead atoms. The summed E-state index contributed by atoms with van der Waals surface area (Å²) in [6, 6.07) is 28.5. The number of nitrogens with one attached hydrogen (secondary N) is 1. The maximum Gasteiger partial charge on any atom is 0.331 e. The quantitative estimate of drug-likeness (QED) is 0.202. The molecule has 162 valence electrons. The maximum atomic E-state index is 12.2. The van der Waals surface area contributed by atoms with Crippen molar-refractivity contribution < 1.29 is 14.3 Å². The molecule has 0 aliphatic heterocycles. The first kappa shape index (κ1) is 21.6. The Labute approximate surface area is 191 Å². The molecule has 1 heterocycles. The molecule has 0 atom stereocenters. The van der Waals surface area contributed by atoms with E-state index in [0.717, 1.165) is 27.6 Å². The summed E-state index contributed by atoms with van der Waals surface area (Å²) in [6.07, 6.45) is 4.60. The van der Waals surface area contributed by atoms with Crippen molar-refractivity contribution in [3.8, 4) is 0 Å². The summed E-state index contributed by atoms with van der Waals surface area (Å²) in [4.78, 5) is 28.7. The van der Waals surface area contributed by atoms with Crippen LogP contribution in [-0.2, 0) is 14.3 Å².